The standard InChI is InChI=1S/C10H14N4O/c1-14-7-8(4-5-10(14)15)12-9-3-2-6-11-13-9/h2-3,6,8H,4-5,7H2,1H3,(H,12,13). The summed E-state index contributed by atoms with van der Waals surface area (Å²) in [6, 6.07) is 4.00. The zero-order valence-corrected chi connectivity index (χ0v) is 8.68. The van der Waals surface area contributed by atoms with Gasteiger partial charge in [0.1, 0.15) is 5.82 Å². The molecule has 2 rings (SSSR count). The summed E-state index contributed by atoms with van der Waals surface area (Å²) in [5.41, 5.74) is 0. The lowest BCUT2D eigenvalue weighted by Crippen LogP contribution is -2.43. The molecule has 0 spiro atoms. The van der Waals surface area contributed by atoms with E-state index >= 15 is 0 Å². The predicted molar refractivity (Wildman–Crippen MR) is 56.3 cm³/mol. The van der Waals surface area contributed by atoms with Crippen molar-refractivity contribution in [1.82, 2.24) is 15.1 Å². The van der Waals surface area contributed by atoms with Crippen LogP contribution in [0.25, 0.3) is 0 Å². The average Bonchev–Trinajstić information content (AvgIpc) is 2.25. The van der Waals surface area contributed by atoms with E-state index in [1.807, 2.05) is 19.2 Å². The molecular weight excluding hydrogens is 192 g/mol. The van der Waals surface area contributed by atoms with Gasteiger partial charge in [0.05, 0.1) is 0 Å². The second kappa shape index (κ2) is 4.25. The molecule has 1 fully saturated rings. The Bertz CT molecular complexity index is 341. The molecule has 1 aromatic heterocycles. The molecule has 0 aromatic carbocycles. The van der Waals surface area contributed by atoms with Crippen molar-refractivity contribution in [2.45, 2.75) is 18.9 Å². The van der Waals surface area contributed by atoms with Crippen molar-refractivity contribution in [2.75, 3.05) is 18.9 Å². The number of carbonyl (C=O) groups is 1. The van der Waals surface area contributed by atoms with Crippen molar-refractivity contribution in [1.29, 1.82) is 0 Å². The Kier molecular flexibility index (Phi) is 2.80. The molecule has 0 radical (unpaired) electrons. The second-order valence-corrected chi connectivity index (χ2v) is 3.76. The highest BCUT2D eigenvalue weighted by atomic mass is 16.2. The number of hydrogen-bond donors (Lipinski definition) is 1. The normalized spacial score (nSPS) is 21.5. The Balaban J connectivity index is 1.94. The van der Waals surface area contributed by atoms with Gasteiger partial charge >= 0.3 is 0 Å². The van der Waals surface area contributed by atoms with Crippen LogP contribution in [0.5, 0.6) is 0 Å². The number of piperidine rings is 1. The van der Waals surface area contributed by atoms with E-state index in [9.17, 15) is 4.79 Å². The molecule has 0 saturated carbocycles. The first kappa shape index (κ1) is 9.89. The lowest BCUT2D eigenvalue weighted by atomic mass is 10.1. The van der Waals surface area contributed by atoms with E-state index in [1.54, 1.807) is 11.1 Å². The first-order valence-corrected chi connectivity index (χ1v) is 5.04. The molecule has 1 N–H and O–H groups in total. The van der Waals surface area contributed by atoms with E-state index in [0.717, 1.165) is 18.8 Å². The molecule has 15 heavy (non-hydrogen) atoms. The minimum absolute atomic E-state index is 0.215. The van der Waals surface area contributed by atoms with Crippen molar-refractivity contribution in [3.05, 3.63) is 18.3 Å². The molecule has 0 bridgehead atoms. The van der Waals surface area contributed by atoms with E-state index in [1.165, 1.54) is 0 Å². The lowest BCUT2D eigenvalue weighted by Gasteiger charge is -2.30. The molecule has 5 nitrogen and oxygen atoms in total. The molecular formula is C10H14N4O. The van der Waals surface area contributed by atoms with Gasteiger partial charge < -0.3 is 10.2 Å². The van der Waals surface area contributed by atoms with Gasteiger partial charge in [0, 0.05) is 32.3 Å². The van der Waals surface area contributed by atoms with E-state index in [2.05, 4.69) is 15.5 Å². The van der Waals surface area contributed by atoms with Crippen molar-refractivity contribution < 1.29 is 4.79 Å². The zero-order chi connectivity index (χ0) is 10.7. The number of likely N-dealkylation sites (N-methyl/N-ethyl adjacent to an activating group) is 1. The summed E-state index contributed by atoms with van der Waals surface area (Å²) in [5, 5.41) is 11.0. The number of carbonyl (C=O) groups excluding carboxylic acids is 1. The van der Waals surface area contributed by atoms with Gasteiger partial charge in [-0.2, -0.15) is 5.10 Å². The molecule has 1 saturated heterocycles. The van der Waals surface area contributed by atoms with Crippen molar-refractivity contribution in [2.24, 2.45) is 0 Å². The first-order chi connectivity index (χ1) is 7.25. The number of hydrogen-bond acceptors (Lipinski definition) is 4. The van der Waals surface area contributed by atoms with Gasteiger partial charge in [-0.05, 0) is 18.6 Å². The highest BCUT2D eigenvalue weighted by Crippen LogP contribution is 2.13. The third-order valence-corrected chi connectivity index (χ3v) is 2.55. The third kappa shape index (κ3) is 2.43. The minimum atomic E-state index is 0.215. The maximum absolute atomic E-state index is 11.3. The fourth-order valence-electron chi connectivity index (χ4n) is 1.72. The van der Waals surface area contributed by atoms with E-state index in [4.69, 9.17) is 0 Å². The van der Waals surface area contributed by atoms with Gasteiger partial charge in [-0.3, -0.25) is 4.79 Å². The molecule has 5 heteroatoms. The molecule has 80 valence electrons. The van der Waals surface area contributed by atoms with Crippen LogP contribution < -0.4 is 5.32 Å². The summed E-state index contributed by atoms with van der Waals surface area (Å²) in [7, 11) is 1.83. The SMILES string of the molecule is CN1CC(Nc2cccnn2)CCC1=O. The van der Waals surface area contributed by atoms with Crippen LogP contribution in [0.3, 0.4) is 0 Å². The molecule has 2 heterocycles. The fraction of sp³-hybridized carbons (Fsp3) is 0.500. The van der Waals surface area contributed by atoms with Gasteiger partial charge in [0.25, 0.3) is 0 Å². The zero-order valence-electron chi connectivity index (χ0n) is 8.68. The molecule has 1 amide bonds. The van der Waals surface area contributed by atoms with Crippen LogP contribution in [0.1, 0.15) is 12.8 Å². The Hall–Kier alpha value is -1.65. The maximum Gasteiger partial charge on any atom is 0.222 e. The molecule has 0 aliphatic carbocycles. The van der Waals surface area contributed by atoms with E-state index in [0.29, 0.717) is 6.42 Å². The van der Waals surface area contributed by atoms with Crippen LogP contribution in [0.15, 0.2) is 18.3 Å². The van der Waals surface area contributed by atoms with Crippen LogP contribution in [0, 0.1) is 0 Å². The molecule has 1 aliphatic heterocycles. The van der Waals surface area contributed by atoms with Crippen LogP contribution in [0.4, 0.5) is 5.82 Å². The molecule has 1 aliphatic rings. The van der Waals surface area contributed by atoms with Gasteiger partial charge in [-0.25, -0.2) is 0 Å². The number of likely N-dealkylation sites (tertiary alicyclic amines) is 1. The summed E-state index contributed by atoms with van der Waals surface area (Å²) in [6.07, 6.45) is 3.11. The predicted octanol–water partition coefficient (Wildman–Crippen LogP) is 0.509. The Labute approximate surface area is 88.5 Å². The highest BCUT2D eigenvalue weighted by molar-refractivity contribution is 5.76. The Morgan fingerprint density at radius 3 is 3.13 bits per heavy atom. The van der Waals surface area contributed by atoms with Crippen LogP contribution in [0.2, 0.25) is 0 Å². The Morgan fingerprint density at radius 2 is 2.47 bits per heavy atom. The molecule has 1 unspecified atom stereocenters. The summed E-state index contributed by atoms with van der Waals surface area (Å²) in [4.78, 5) is 13.0. The average molecular weight is 206 g/mol. The van der Waals surface area contributed by atoms with E-state index < -0.39 is 0 Å². The number of aromatic nitrogens is 2. The number of rotatable bonds is 2. The summed E-state index contributed by atoms with van der Waals surface area (Å²) >= 11 is 0. The quantitative estimate of drug-likeness (QED) is 0.766. The third-order valence-electron chi connectivity index (χ3n) is 2.55. The van der Waals surface area contributed by atoms with Crippen LogP contribution in [-0.2, 0) is 4.79 Å². The number of amides is 1. The topological polar surface area (TPSA) is 58.1 Å². The Morgan fingerprint density at radius 1 is 1.60 bits per heavy atom. The van der Waals surface area contributed by atoms with Crippen molar-refractivity contribution in [3.8, 4) is 0 Å². The van der Waals surface area contributed by atoms with Crippen molar-refractivity contribution >= 4 is 11.7 Å². The maximum atomic E-state index is 11.3. The number of nitrogens with zero attached hydrogens (tertiary/aromatic N) is 3. The first-order valence-electron chi connectivity index (χ1n) is 5.04. The van der Waals surface area contributed by atoms with E-state index in [-0.39, 0.29) is 11.9 Å². The molecule has 1 aromatic rings. The van der Waals surface area contributed by atoms with Crippen molar-refractivity contribution in [3.63, 3.8) is 0 Å². The van der Waals surface area contributed by atoms with Gasteiger partial charge in [0.15, 0.2) is 0 Å². The lowest BCUT2D eigenvalue weighted by molar-refractivity contribution is -0.132. The summed E-state index contributed by atoms with van der Waals surface area (Å²) in [6.45, 7) is 0.732. The fourth-order valence-corrected chi connectivity index (χ4v) is 1.72. The summed E-state index contributed by atoms with van der Waals surface area (Å²) < 4.78 is 0. The van der Waals surface area contributed by atoms with Gasteiger partial charge in [-0.15, -0.1) is 5.10 Å². The minimum Gasteiger partial charge on any atom is -0.364 e. The largest absolute Gasteiger partial charge is 0.364 e. The van der Waals surface area contributed by atoms with Gasteiger partial charge in [-0.1, -0.05) is 0 Å². The monoisotopic (exact) mass is 206 g/mol. The summed E-state index contributed by atoms with van der Waals surface area (Å²) in [5.74, 6) is 0.984. The highest BCUT2D eigenvalue weighted by Gasteiger charge is 2.22. The second-order valence-electron chi connectivity index (χ2n) is 3.76. The van der Waals surface area contributed by atoms with Crippen LogP contribution in [-0.4, -0.2) is 40.6 Å². The van der Waals surface area contributed by atoms with Gasteiger partial charge in [0.2, 0.25) is 5.91 Å². The number of nitrogens with one attached hydrogen (secondary N) is 1. The smallest absolute Gasteiger partial charge is 0.222 e. The molecule has 1 atom stereocenters. The number of anilines is 1. The van der Waals surface area contributed by atoms with Crippen LogP contribution >= 0.6 is 0 Å².